The van der Waals surface area contributed by atoms with Gasteiger partial charge >= 0.3 is 0 Å². The Balaban J connectivity index is 0.000000654. The summed E-state index contributed by atoms with van der Waals surface area (Å²) in [5.74, 6) is -3.77. The molecule has 0 aromatic heterocycles. The number of rotatable bonds is 8. The lowest BCUT2D eigenvalue weighted by Gasteiger charge is -2.26. The van der Waals surface area contributed by atoms with E-state index in [-0.39, 0.29) is 35.5 Å². The molecule has 2 amide bonds. The summed E-state index contributed by atoms with van der Waals surface area (Å²) in [7, 11) is 5.04. The maximum atomic E-state index is 13.9. The van der Waals surface area contributed by atoms with Gasteiger partial charge in [0.15, 0.2) is 11.6 Å². The Morgan fingerprint density at radius 2 is 1.88 bits per heavy atom. The molecular formula is C22H31F2N3O5. The summed E-state index contributed by atoms with van der Waals surface area (Å²) in [6, 6.07) is 2.22. The van der Waals surface area contributed by atoms with Crippen molar-refractivity contribution in [2.45, 2.75) is 57.2 Å². The summed E-state index contributed by atoms with van der Waals surface area (Å²) in [4.78, 5) is 36.9. The van der Waals surface area contributed by atoms with Gasteiger partial charge in [0.1, 0.15) is 0 Å². The number of nitrogens with zero attached hydrogens (tertiary/aromatic N) is 2. The molecule has 32 heavy (non-hydrogen) atoms. The summed E-state index contributed by atoms with van der Waals surface area (Å²) < 4.78 is 27.3. The number of quaternary nitrogens is 1. The van der Waals surface area contributed by atoms with Gasteiger partial charge in [-0.05, 0) is 24.8 Å². The van der Waals surface area contributed by atoms with Gasteiger partial charge in [-0.15, -0.1) is 0 Å². The highest BCUT2D eigenvalue weighted by Gasteiger charge is 2.34. The normalized spacial score (nSPS) is 19.2. The van der Waals surface area contributed by atoms with Gasteiger partial charge in [-0.2, -0.15) is 4.65 Å². The minimum absolute atomic E-state index is 0. The van der Waals surface area contributed by atoms with Crippen LogP contribution in [0.4, 0.5) is 8.78 Å². The number of carboxylic acids is 1. The number of carbonyl (C=O) groups excluding carboxylic acids is 3. The van der Waals surface area contributed by atoms with Crippen LogP contribution >= 0.6 is 0 Å². The zero-order valence-corrected chi connectivity index (χ0v) is 18.6. The fourth-order valence-electron chi connectivity index (χ4n) is 3.45. The van der Waals surface area contributed by atoms with Crippen LogP contribution < -0.4 is 10.4 Å². The molecule has 1 aliphatic carbocycles. The van der Waals surface area contributed by atoms with Crippen molar-refractivity contribution in [3.8, 4) is 0 Å². The first-order valence-corrected chi connectivity index (χ1v) is 10.6. The zero-order chi connectivity index (χ0) is 24.1. The molecule has 0 spiro atoms. The summed E-state index contributed by atoms with van der Waals surface area (Å²) in [5.41, 5.74) is 0.0389. The van der Waals surface area contributed by atoms with Crippen molar-refractivity contribution in [2.75, 3.05) is 21.1 Å². The zero-order valence-electron chi connectivity index (χ0n) is 18.6. The minimum atomic E-state index is -1.32. The van der Waals surface area contributed by atoms with Crippen molar-refractivity contribution < 1.29 is 38.1 Å². The third-order valence-corrected chi connectivity index (χ3v) is 5.13. The largest absolute Gasteiger partial charge is 0.548 e. The quantitative estimate of drug-likeness (QED) is 0.448. The maximum absolute atomic E-state index is 13.9. The molecule has 8 nitrogen and oxygen atoms in total. The number of aliphatic carboxylic acids is 1. The van der Waals surface area contributed by atoms with Crippen LogP contribution in [0.25, 0.3) is 0 Å². The number of hydrogen-bond donors (Lipinski definition) is 2. The fraction of sp³-hybridized carbons (Fsp3) is 0.591. The van der Waals surface area contributed by atoms with Crippen molar-refractivity contribution in [3.63, 3.8) is 0 Å². The Morgan fingerprint density at radius 3 is 2.44 bits per heavy atom. The van der Waals surface area contributed by atoms with Crippen LogP contribution in [-0.2, 0) is 20.9 Å². The van der Waals surface area contributed by atoms with Crippen LogP contribution in [0, 0.1) is 17.6 Å². The summed E-state index contributed by atoms with van der Waals surface area (Å²) in [6.45, 7) is -0.133. The smallest absolute Gasteiger partial charge is 0.223 e. The van der Waals surface area contributed by atoms with Crippen LogP contribution in [0.3, 0.4) is 0 Å². The van der Waals surface area contributed by atoms with Gasteiger partial charge in [0, 0.05) is 31.0 Å². The van der Waals surface area contributed by atoms with Crippen LogP contribution in [-0.4, -0.2) is 65.8 Å². The molecule has 0 radical (unpaired) electrons. The molecule has 1 aromatic carbocycles. The predicted octanol–water partition coefficient (Wildman–Crippen LogP) is 0.963. The minimum Gasteiger partial charge on any atom is -0.548 e. The molecule has 1 saturated heterocycles. The molecule has 2 atom stereocenters. The summed E-state index contributed by atoms with van der Waals surface area (Å²) in [6.07, 6.45) is 2.77. The summed E-state index contributed by atoms with van der Waals surface area (Å²) in [5, 5.41) is 22.1. The third kappa shape index (κ3) is 8.51. The highest BCUT2D eigenvalue weighted by molar-refractivity contribution is 5.85. The molecule has 1 heterocycles. The van der Waals surface area contributed by atoms with E-state index in [0.29, 0.717) is 18.8 Å². The molecule has 10 heteroatoms. The van der Waals surface area contributed by atoms with E-state index in [1.165, 1.54) is 17.0 Å². The molecule has 2 fully saturated rings. The van der Waals surface area contributed by atoms with Gasteiger partial charge in [-0.1, -0.05) is 25.0 Å². The van der Waals surface area contributed by atoms with Gasteiger partial charge in [0.05, 0.1) is 33.2 Å². The first kappa shape index (κ1) is 25.7. The average Bonchev–Trinajstić information content (AvgIpc) is 3.42. The highest BCUT2D eigenvalue weighted by atomic mass is 19.2. The summed E-state index contributed by atoms with van der Waals surface area (Å²) >= 11 is 0. The number of hydroxylamine groups is 3. The van der Waals surface area contributed by atoms with E-state index in [0.717, 1.165) is 18.9 Å². The number of amides is 2. The number of likely N-dealkylation sites (tertiary alicyclic amines) is 1. The molecular weight excluding hydrogens is 424 g/mol. The van der Waals surface area contributed by atoms with Gasteiger partial charge in [-0.3, -0.25) is 9.59 Å². The second-order valence-electron chi connectivity index (χ2n) is 9.19. The fourth-order valence-corrected chi connectivity index (χ4v) is 3.45. The van der Waals surface area contributed by atoms with E-state index < -0.39 is 35.6 Å². The molecule has 1 aliphatic heterocycles. The lowest BCUT2D eigenvalue weighted by molar-refractivity contribution is -1.06. The van der Waals surface area contributed by atoms with Crippen LogP contribution in [0.2, 0.25) is 0 Å². The van der Waals surface area contributed by atoms with Gasteiger partial charge in [0.25, 0.3) is 0 Å². The highest BCUT2D eigenvalue weighted by Crippen LogP contribution is 2.33. The first-order chi connectivity index (χ1) is 14.8. The van der Waals surface area contributed by atoms with Gasteiger partial charge in [-0.25, -0.2) is 14.0 Å². The topological polar surface area (TPSA) is 110 Å². The number of carboxylic acid groups (broad SMARTS) is 1. The van der Waals surface area contributed by atoms with Crippen molar-refractivity contribution in [1.82, 2.24) is 10.2 Å². The number of carbonyl (C=O) groups is 3. The lowest BCUT2D eigenvalue weighted by Crippen LogP contribution is -2.49. The number of nitrogens with one attached hydrogen (secondary N) is 1. The van der Waals surface area contributed by atoms with Crippen molar-refractivity contribution in [1.29, 1.82) is 0 Å². The first-order valence-electron chi connectivity index (χ1n) is 10.6. The van der Waals surface area contributed by atoms with Crippen molar-refractivity contribution >= 4 is 17.8 Å². The standard InChI is InChI=1S/C19H22F2N2O4.C3H10NO/c20-14-3-1-2-12(18(14)21)10-23-13(6-7-17(23)25)9-16(24)22-15(19(26)27)8-11-4-5-11;1-4(2,3)5/h1-3,11,13,15H,4-10H2,(H,22,24)(H,26,27);5H,1-3H3/q;+1/p-1/t13-,15-;/m0./s1. The van der Waals surface area contributed by atoms with Crippen molar-refractivity contribution in [2.24, 2.45) is 5.92 Å². The number of halogens is 2. The molecule has 3 rings (SSSR count). The van der Waals surface area contributed by atoms with Crippen LogP contribution in [0.5, 0.6) is 0 Å². The van der Waals surface area contributed by atoms with Gasteiger partial charge in [0.2, 0.25) is 11.8 Å². The Morgan fingerprint density at radius 1 is 1.25 bits per heavy atom. The monoisotopic (exact) mass is 455 g/mol. The van der Waals surface area contributed by atoms with E-state index in [2.05, 4.69) is 5.32 Å². The van der Waals surface area contributed by atoms with Crippen LogP contribution in [0.15, 0.2) is 18.2 Å². The molecule has 0 unspecified atom stereocenters. The van der Waals surface area contributed by atoms with Crippen LogP contribution in [0.1, 0.15) is 44.1 Å². The Labute approximate surface area is 186 Å². The lowest BCUT2D eigenvalue weighted by atomic mass is 10.1. The predicted molar refractivity (Wildman–Crippen MR) is 109 cm³/mol. The molecule has 2 aliphatic rings. The van der Waals surface area contributed by atoms with E-state index in [4.69, 9.17) is 5.21 Å². The Kier molecular flexibility index (Phi) is 8.68. The van der Waals surface area contributed by atoms with E-state index in [1.54, 1.807) is 21.1 Å². The molecule has 1 saturated carbocycles. The van der Waals surface area contributed by atoms with E-state index >= 15 is 0 Å². The average molecular weight is 456 g/mol. The third-order valence-electron chi connectivity index (χ3n) is 5.13. The van der Waals surface area contributed by atoms with Gasteiger partial charge < -0.3 is 20.1 Å². The second kappa shape index (κ2) is 10.8. The van der Waals surface area contributed by atoms with E-state index in [9.17, 15) is 28.3 Å². The second-order valence-corrected chi connectivity index (χ2v) is 9.19. The van der Waals surface area contributed by atoms with E-state index in [1.807, 2.05) is 0 Å². The molecule has 2 N–H and O–H groups in total. The number of hydrogen-bond acceptors (Lipinski definition) is 5. The Hall–Kier alpha value is -2.59. The number of benzene rings is 1. The molecule has 1 aromatic rings. The molecule has 0 bridgehead atoms. The molecule has 178 valence electrons. The maximum Gasteiger partial charge on any atom is 0.223 e. The Bertz CT molecular complexity index is 833. The van der Waals surface area contributed by atoms with Crippen molar-refractivity contribution in [3.05, 3.63) is 35.4 Å². The SMILES string of the molecule is C[N+](C)(C)O.O=C(C[C@@H]1CCC(=O)N1Cc1cccc(F)c1F)N[C@@H](CC1CC1)C(=O)[O-].